The average Bonchev–Trinajstić information content (AvgIpc) is 2.38. The van der Waals surface area contributed by atoms with E-state index < -0.39 is 17.8 Å². The lowest BCUT2D eigenvalue weighted by molar-refractivity contribution is -0.137. The number of hydrogen-bond donors (Lipinski definition) is 1. The Morgan fingerprint density at radius 1 is 1.37 bits per heavy atom. The molecule has 1 aliphatic rings. The highest BCUT2D eigenvalue weighted by Crippen LogP contribution is 2.37. The number of hydrogen-bond acceptors (Lipinski definition) is 3. The summed E-state index contributed by atoms with van der Waals surface area (Å²) in [6.45, 7) is 2.17. The van der Waals surface area contributed by atoms with Gasteiger partial charge in [-0.1, -0.05) is 12.1 Å². The van der Waals surface area contributed by atoms with E-state index in [9.17, 15) is 13.2 Å². The molecule has 0 amide bonds. The molecule has 1 aromatic carbocycles. The van der Waals surface area contributed by atoms with Crippen LogP contribution in [0, 0.1) is 0 Å². The van der Waals surface area contributed by atoms with Crippen LogP contribution in [0.5, 0.6) is 0 Å². The number of alkyl halides is 3. The fraction of sp³-hybridized carbons (Fsp3) is 0.538. The predicted octanol–water partition coefficient (Wildman–Crippen LogP) is 2.29. The number of halogens is 3. The summed E-state index contributed by atoms with van der Waals surface area (Å²) in [5.74, 6) is 0. The van der Waals surface area contributed by atoms with E-state index in [1.165, 1.54) is 12.1 Å². The molecule has 1 N–H and O–H groups in total. The van der Waals surface area contributed by atoms with Crippen molar-refractivity contribution in [2.75, 3.05) is 24.7 Å². The molecule has 2 unspecified atom stereocenters. The van der Waals surface area contributed by atoms with Gasteiger partial charge in [-0.15, -0.1) is 0 Å². The molecule has 3 nitrogen and oxygen atoms in total. The number of rotatable bonds is 2. The second-order valence-corrected chi connectivity index (χ2v) is 4.65. The van der Waals surface area contributed by atoms with Crippen molar-refractivity contribution in [1.82, 2.24) is 0 Å². The van der Waals surface area contributed by atoms with E-state index >= 15 is 0 Å². The van der Waals surface area contributed by atoms with Crippen molar-refractivity contribution >= 4 is 5.69 Å². The van der Waals surface area contributed by atoms with Gasteiger partial charge in [0.15, 0.2) is 0 Å². The highest BCUT2D eigenvalue weighted by molar-refractivity contribution is 5.56. The first-order valence-corrected chi connectivity index (χ1v) is 6.09. The lowest BCUT2D eigenvalue weighted by Crippen LogP contribution is -2.50. The van der Waals surface area contributed by atoms with Gasteiger partial charge in [-0.2, -0.15) is 13.2 Å². The number of para-hydroxylation sites is 1. The standard InChI is InChI=1S/C13H16F3NO2/c1-9-8-19-10(7-18)6-17(9)12-5-3-2-4-11(12)13(14,15)16/h2-5,9-10,18H,6-8H2,1H3. The maximum absolute atomic E-state index is 13.0. The van der Waals surface area contributed by atoms with E-state index in [4.69, 9.17) is 9.84 Å². The number of benzene rings is 1. The highest BCUT2D eigenvalue weighted by Gasteiger charge is 2.37. The molecule has 106 valence electrons. The lowest BCUT2D eigenvalue weighted by Gasteiger charge is -2.40. The Morgan fingerprint density at radius 2 is 2.05 bits per heavy atom. The highest BCUT2D eigenvalue weighted by atomic mass is 19.4. The minimum absolute atomic E-state index is 0.143. The number of ether oxygens (including phenoxy) is 1. The molecule has 6 heteroatoms. The zero-order valence-electron chi connectivity index (χ0n) is 10.5. The zero-order valence-corrected chi connectivity index (χ0v) is 10.5. The molecule has 0 spiro atoms. The Labute approximate surface area is 109 Å². The zero-order chi connectivity index (χ0) is 14.0. The SMILES string of the molecule is CC1COC(CO)CN1c1ccccc1C(F)(F)F. The van der Waals surface area contributed by atoms with Crippen LogP contribution >= 0.6 is 0 Å². The van der Waals surface area contributed by atoms with Crippen molar-refractivity contribution in [3.05, 3.63) is 29.8 Å². The first-order chi connectivity index (χ1) is 8.93. The van der Waals surface area contributed by atoms with Gasteiger partial charge in [0.05, 0.1) is 24.9 Å². The third-order valence-electron chi connectivity index (χ3n) is 3.23. The first-order valence-electron chi connectivity index (χ1n) is 6.09. The van der Waals surface area contributed by atoms with Crippen LogP contribution in [-0.2, 0) is 10.9 Å². The van der Waals surface area contributed by atoms with Crippen LogP contribution in [0.4, 0.5) is 18.9 Å². The van der Waals surface area contributed by atoms with Crippen molar-refractivity contribution in [2.24, 2.45) is 0 Å². The smallest absolute Gasteiger partial charge is 0.394 e. The quantitative estimate of drug-likeness (QED) is 0.899. The van der Waals surface area contributed by atoms with Crippen molar-refractivity contribution < 1.29 is 23.0 Å². The third kappa shape index (κ3) is 3.01. The normalized spacial score (nSPS) is 24.6. The summed E-state index contributed by atoms with van der Waals surface area (Å²) in [6, 6.07) is 5.33. The Bertz CT molecular complexity index is 436. The molecule has 0 radical (unpaired) electrons. The maximum atomic E-state index is 13.0. The fourth-order valence-electron chi connectivity index (χ4n) is 2.23. The molecule has 1 fully saturated rings. The Hall–Kier alpha value is -1.27. The number of nitrogens with zero attached hydrogens (tertiary/aromatic N) is 1. The van der Waals surface area contributed by atoms with Crippen molar-refractivity contribution in [2.45, 2.75) is 25.2 Å². The van der Waals surface area contributed by atoms with Crippen LogP contribution < -0.4 is 4.90 Å². The van der Waals surface area contributed by atoms with Gasteiger partial charge in [0.1, 0.15) is 0 Å². The second kappa shape index (κ2) is 5.38. The minimum atomic E-state index is -4.39. The van der Waals surface area contributed by atoms with Crippen LogP contribution in [0.3, 0.4) is 0 Å². The Balaban J connectivity index is 2.35. The van der Waals surface area contributed by atoms with Gasteiger partial charge >= 0.3 is 6.18 Å². The summed E-state index contributed by atoms with van der Waals surface area (Å²) in [6.07, 6.45) is -4.83. The van der Waals surface area contributed by atoms with Gasteiger partial charge in [-0.25, -0.2) is 0 Å². The molecular formula is C13H16F3NO2. The summed E-state index contributed by atoms with van der Waals surface area (Å²) >= 11 is 0. The lowest BCUT2D eigenvalue weighted by atomic mass is 10.1. The minimum Gasteiger partial charge on any atom is -0.394 e. The van der Waals surface area contributed by atoms with E-state index in [0.29, 0.717) is 6.61 Å². The van der Waals surface area contributed by atoms with Crippen LogP contribution in [0.15, 0.2) is 24.3 Å². The monoisotopic (exact) mass is 275 g/mol. The molecule has 1 heterocycles. The number of aliphatic hydroxyl groups excluding tert-OH is 1. The number of morpholine rings is 1. The molecule has 1 aromatic rings. The summed E-state index contributed by atoms with van der Waals surface area (Å²) in [5, 5.41) is 9.10. The second-order valence-electron chi connectivity index (χ2n) is 4.65. The molecular weight excluding hydrogens is 259 g/mol. The fourth-order valence-corrected chi connectivity index (χ4v) is 2.23. The van der Waals surface area contributed by atoms with E-state index in [1.807, 2.05) is 0 Å². The van der Waals surface area contributed by atoms with Crippen LogP contribution in [0.25, 0.3) is 0 Å². The molecule has 1 saturated heterocycles. The molecule has 0 aromatic heterocycles. The molecule has 2 rings (SSSR count). The van der Waals surface area contributed by atoms with Gasteiger partial charge in [-0.05, 0) is 19.1 Å². The predicted molar refractivity (Wildman–Crippen MR) is 65.1 cm³/mol. The summed E-state index contributed by atoms with van der Waals surface area (Å²) < 4.78 is 44.4. The van der Waals surface area contributed by atoms with Gasteiger partial charge < -0.3 is 14.7 Å². The molecule has 0 aliphatic carbocycles. The van der Waals surface area contributed by atoms with Gasteiger partial charge in [-0.3, -0.25) is 0 Å². The van der Waals surface area contributed by atoms with Crippen LogP contribution in [-0.4, -0.2) is 37.0 Å². The summed E-state index contributed by atoms with van der Waals surface area (Å²) in [5.41, 5.74) is -0.510. The van der Waals surface area contributed by atoms with Crippen molar-refractivity contribution in [1.29, 1.82) is 0 Å². The van der Waals surface area contributed by atoms with Crippen LogP contribution in [0.2, 0.25) is 0 Å². The third-order valence-corrected chi connectivity index (χ3v) is 3.23. The first kappa shape index (κ1) is 14.1. The Morgan fingerprint density at radius 3 is 2.68 bits per heavy atom. The molecule has 1 aliphatic heterocycles. The van der Waals surface area contributed by atoms with Gasteiger partial charge in [0.2, 0.25) is 0 Å². The van der Waals surface area contributed by atoms with E-state index in [-0.39, 0.29) is 24.9 Å². The van der Waals surface area contributed by atoms with Crippen molar-refractivity contribution in [3.8, 4) is 0 Å². The van der Waals surface area contributed by atoms with E-state index in [2.05, 4.69) is 0 Å². The average molecular weight is 275 g/mol. The molecule has 0 bridgehead atoms. The van der Waals surface area contributed by atoms with Gasteiger partial charge in [0.25, 0.3) is 0 Å². The summed E-state index contributed by atoms with van der Waals surface area (Å²) in [4.78, 5) is 1.65. The number of aliphatic hydroxyl groups is 1. The van der Waals surface area contributed by atoms with E-state index in [0.717, 1.165) is 6.07 Å². The van der Waals surface area contributed by atoms with Crippen LogP contribution in [0.1, 0.15) is 12.5 Å². The topological polar surface area (TPSA) is 32.7 Å². The molecule has 0 saturated carbocycles. The van der Waals surface area contributed by atoms with E-state index in [1.54, 1.807) is 17.9 Å². The molecule has 2 atom stereocenters. The van der Waals surface area contributed by atoms with Gasteiger partial charge in [0, 0.05) is 18.3 Å². The molecule has 19 heavy (non-hydrogen) atoms. The Kier molecular flexibility index (Phi) is 4.01. The maximum Gasteiger partial charge on any atom is 0.418 e. The number of anilines is 1. The van der Waals surface area contributed by atoms with Crippen molar-refractivity contribution in [3.63, 3.8) is 0 Å². The largest absolute Gasteiger partial charge is 0.418 e. The summed E-state index contributed by atoms with van der Waals surface area (Å²) in [7, 11) is 0.